The summed E-state index contributed by atoms with van der Waals surface area (Å²) >= 11 is 0. The Kier molecular flexibility index (Phi) is 7.29. The minimum absolute atomic E-state index is 0.151. The van der Waals surface area contributed by atoms with Crippen molar-refractivity contribution in [2.75, 3.05) is 27.4 Å². The molecule has 0 aromatic rings. The Balaban J connectivity index is 3.89. The standard InChI is InChI=1S/C11H23NO4/c1-5-11(2,16-4)10(14)12-7-6-9(13)8-15-3/h9,13H,5-8H2,1-4H3,(H,12,14). The first-order valence-corrected chi connectivity index (χ1v) is 5.50. The summed E-state index contributed by atoms with van der Waals surface area (Å²) in [5, 5.41) is 12.1. The molecule has 0 fully saturated rings. The quantitative estimate of drug-likeness (QED) is 0.633. The first-order valence-electron chi connectivity index (χ1n) is 5.50. The van der Waals surface area contributed by atoms with Gasteiger partial charge in [0.2, 0.25) is 0 Å². The van der Waals surface area contributed by atoms with E-state index in [1.165, 1.54) is 14.2 Å². The molecule has 0 saturated carbocycles. The lowest BCUT2D eigenvalue weighted by atomic mass is 10.0. The number of carbonyl (C=O) groups excluding carboxylic acids is 1. The number of aliphatic hydroxyl groups excluding tert-OH is 1. The highest BCUT2D eigenvalue weighted by atomic mass is 16.5. The van der Waals surface area contributed by atoms with Crippen LogP contribution in [-0.4, -0.2) is 50.1 Å². The molecule has 0 heterocycles. The van der Waals surface area contributed by atoms with Crippen LogP contribution in [0.3, 0.4) is 0 Å². The van der Waals surface area contributed by atoms with E-state index in [0.717, 1.165) is 0 Å². The molecule has 2 atom stereocenters. The van der Waals surface area contributed by atoms with Crippen LogP contribution in [0.1, 0.15) is 26.7 Å². The van der Waals surface area contributed by atoms with Gasteiger partial charge in [-0.2, -0.15) is 0 Å². The van der Waals surface area contributed by atoms with Crippen LogP contribution in [0.25, 0.3) is 0 Å². The van der Waals surface area contributed by atoms with Crippen molar-refractivity contribution in [1.82, 2.24) is 5.32 Å². The molecular formula is C11H23NO4. The molecule has 96 valence electrons. The van der Waals surface area contributed by atoms with E-state index < -0.39 is 11.7 Å². The zero-order valence-corrected chi connectivity index (χ0v) is 10.6. The molecule has 2 unspecified atom stereocenters. The van der Waals surface area contributed by atoms with E-state index in [4.69, 9.17) is 9.47 Å². The number of methoxy groups -OCH3 is 2. The Hall–Kier alpha value is -0.650. The number of hydrogen-bond donors (Lipinski definition) is 2. The zero-order chi connectivity index (χ0) is 12.6. The number of amides is 1. The Bertz CT molecular complexity index is 204. The lowest BCUT2D eigenvalue weighted by Crippen LogP contribution is -2.46. The van der Waals surface area contributed by atoms with E-state index in [1.54, 1.807) is 6.92 Å². The monoisotopic (exact) mass is 233 g/mol. The Labute approximate surface area is 97.1 Å². The van der Waals surface area contributed by atoms with Gasteiger partial charge in [0.15, 0.2) is 0 Å². The van der Waals surface area contributed by atoms with Gasteiger partial charge < -0.3 is 19.9 Å². The number of rotatable bonds is 8. The van der Waals surface area contributed by atoms with Crippen LogP contribution in [0.5, 0.6) is 0 Å². The summed E-state index contributed by atoms with van der Waals surface area (Å²) in [7, 11) is 3.05. The van der Waals surface area contributed by atoms with Gasteiger partial charge in [-0.3, -0.25) is 4.79 Å². The van der Waals surface area contributed by atoms with Gasteiger partial charge in [-0.05, 0) is 19.8 Å². The highest BCUT2D eigenvalue weighted by Gasteiger charge is 2.30. The van der Waals surface area contributed by atoms with Gasteiger partial charge in [-0.1, -0.05) is 6.92 Å². The van der Waals surface area contributed by atoms with Crippen molar-refractivity contribution in [3.05, 3.63) is 0 Å². The Morgan fingerprint density at radius 1 is 1.50 bits per heavy atom. The number of carbonyl (C=O) groups is 1. The van der Waals surface area contributed by atoms with E-state index in [-0.39, 0.29) is 12.5 Å². The molecule has 0 aliphatic heterocycles. The zero-order valence-electron chi connectivity index (χ0n) is 10.6. The SMILES string of the molecule is CCC(C)(OC)C(=O)NCCC(O)COC. The third-order valence-electron chi connectivity index (χ3n) is 2.73. The van der Waals surface area contributed by atoms with Crippen molar-refractivity contribution in [3.63, 3.8) is 0 Å². The molecule has 0 aliphatic rings. The molecule has 0 radical (unpaired) electrons. The molecule has 2 N–H and O–H groups in total. The van der Waals surface area contributed by atoms with Gasteiger partial charge in [0, 0.05) is 20.8 Å². The minimum Gasteiger partial charge on any atom is -0.391 e. The fourth-order valence-electron chi connectivity index (χ4n) is 1.21. The van der Waals surface area contributed by atoms with Crippen LogP contribution in [-0.2, 0) is 14.3 Å². The van der Waals surface area contributed by atoms with E-state index in [2.05, 4.69) is 5.32 Å². The summed E-state index contributed by atoms with van der Waals surface area (Å²) in [6.07, 6.45) is 0.541. The summed E-state index contributed by atoms with van der Waals surface area (Å²) in [5.74, 6) is -0.151. The van der Waals surface area contributed by atoms with Crippen LogP contribution in [0, 0.1) is 0 Å². The third-order valence-corrected chi connectivity index (χ3v) is 2.73. The molecule has 0 saturated heterocycles. The average Bonchev–Trinajstić information content (AvgIpc) is 2.28. The molecule has 0 aliphatic carbocycles. The van der Waals surface area contributed by atoms with Gasteiger partial charge in [0.25, 0.3) is 5.91 Å². The van der Waals surface area contributed by atoms with Gasteiger partial charge in [0.05, 0.1) is 12.7 Å². The minimum atomic E-state index is -0.786. The summed E-state index contributed by atoms with van der Waals surface area (Å²) in [4.78, 5) is 11.7. The first kappa shape index (κ1) is 15.3. The normalized spacial score (nSPS) is 16.6. The van der Waals surface area contributed by atoms with Crippen molar-refractivity contribution < 1.29 is 19.4 Å². The van der Waals surface area contributed by atoms with Crippen LogP contribution in [0.4, 0.5) is 0 Å². The molecule has 0 aromatic heterocycles. The largest absolute Gasteiger partial charge is 0.391 e. The fourth-order valence-corrected chi connectivity index (χ4v) is 1.21. The molecule has 0 spiro atoms. The van der Waals surface area contributed by atoms with Crippen molar-refractivity contribution in [1.29, 1.82) is 0 Å². The smallest absolute Gasteiger partial charge is 0.251 e. The Morgan fingerprint density at radius 3 is 2.56 bits per heavy atom. The molecular weight excluding hydrogens is 210 g/mol. The maximum Gasteiger partial charge on any atom is 0.251 e. The predicted octanol–water partition coefficient (Wildman–Crippen LogP) is 0.315. The van der Waals surface area contributed by atoms with Crippen molar-refractivity contribution in [3.8, 4) is 0 Å². The summed E-state index contributed by atoms with van der Waals surface area (Å²) in [6, 6.07) is 0. The average molecular weight is 233 g/mol. The second kappa shape index (κ2) is 7.60. The van der Waals surface area contributed by atoms with Crippen molar-refractivity contribution in [2.45, 2.75) is 38.4 Å². The topological polar surface area (TPSA) is 67.8 Å². The number of aliphatic hydroxyl groups is 1. The van der Waals surface area contributed by atoms with E-state index in [1.807, 2.05) is 6.92 Å². The van der Waals surface area contributed by atoms with Crippen LogP contribution >= 0.6 is 0 Å². The summed E-state index contributed by atoms with van der Waals surface area (Å²) in [6.45, 7) is 4.34. The fraction of sp³-hybridized carbons (Fsp3) is 0.909. The second-order valence-electron chi connectivity index (χ2n) is 3.94. The maximum atomic E-state index is 11.7. The summed E-state index contributed by atoms with van der Waals surface area (Å²) in [5.41, 5.74) is -0.786. The maximum absolute atomic E-state index is 11.7. The highest BCUT2D eigenvalue weighted by molar-refractivity contribution is 5.84. The van der Waals surface area contributed by atoms with E-state index in [9.17, 15) is 9.90 Å². The molecule has 5 nitrogen and oxygen atoms in total. The lowest BCUT2D eigenvalue weighted by molar-refractivity contribution is -0.141. The third kappa shape index (κ3) is 4.92. The first-order chi connectivity index (χ1) is 7.50. The van der Waals surface area contributed by atoms with Crippen LogP contribution in [0.2, 0.25) is 0 Å². The molecule has 0 rings (SSSR count). The second-order valence-corrected chi connectivity index (χ2v) is 3.94. The van der Waals surface area contributed by atoms with Crippen molar-refractivity contribution >= 4 is 5.91 Å². The van der Waals surface area contributed by atoms with Gasteiger partial charge >= 0.3 is 0 Å². The van der Waals surface area contributed by atoms with Gasteiger partial charge in [-0.15, -0.1) is 0 Å². The number of hydrogen-bond acceptors (Lipinski definition) is 4. The summed E-state index contributed by atoms with van der Waals surface area (Å²) < 4.78 is 9.94. The number of ether oxygens (including phenoxy) is 2. The van der Waals surface area contributed by atoms with Crippen LogP contribution < -0.4 is 5.32 Å². The predicted molar refractivity (Wildman–Crippen MR) is 61.2 cm³/mol. The highest BCUT2D eigenvalue weighted by Crippen LogP contribution is 2.13. The molecule has 0 bridgehead atoms. The van der Waals surface area contributed by atoms with E-state index in [0.29, 0.717) is 19.4 Å². The van der Waals surface area contributed by atoms with E-state index >= 15 is 0 Å². The number of nitrogens with one attached hydrogen (secondary N) is 1. The van der Waals surface area contributed by atoms with Crippen LogP contribution in [0.15, 0.2) is 0 Å². The van der Waals surface area contributed by atoms with Gasteiger partial charge in [0.1, 0.15) is 5.60 Å². The Morgan fingerprint density at radius 2 is 2.12 bits per heavy atom. The molecule has 5 heteroatoms. The molecule has 16 heavy (non-hydrogen) atoms. The molecule has 1 amide bonds. The van der Waals surface area contributed by atoms with Crippen molar-refractivity contribution in [2.24, 2.45) is 0 Å². The molecule has 0 aromatic carbocycles. The lowest BCUT2D eigenvalue weighted by Gasteiger charge is -2.25. The van der Waals surface area contributed by atoms with Gasteiger partial charge in [-0.25, -0.2) is 0 Å².